The van der Waals surface area contributed by atoms with E-state index in [0.29, 0.717) is 6.54 Å². The molecule has 0 radical (unpaired) electrons. The predicted molar refractivity (Wildman–Crippen MR) is 100 cm³/mol. The van der Waals surface area contributed by atoms with Crippen LogP contribution in [0.1, 0.15) is 61.9 Å². The molecule has 0 aromatic carbocycles. The minimum atomic E-state index is -0.615. The smallest absolute Gasteiger partial charge is 0.280 e. The maximum atomic E-state index is 12.1. The molecule has 1 heterocycles. The Morgan fingerprint density at radius 1 is 1.16 bits per heavy atom. The Labute approximate surface area is 152 Å². The Kier molecular flexibility index (Phi) is 7.24. The van der Waals surface area contributed by atoms with Crippen molar-refractivity contribution in [3.05, 3.63) is 10.8 Å². The van der Waals surface area contributed by atoms with E-state index in [1.165, 1.54) is 38.5 Å². The van der Waals surface area contributed by atoms with E-state index in [1.54, 1.807) is 0 Å². The van der Waals surface area contributed by atoms with Crippen molar-refractivity contribution >= 4 is 35.1 Å². The maximum absolute atomic E-state index is 12.1. The molecule has 1 aromatic rings. The van der Waals surface area contributed by atoms with Crippen molar-refractivity contribution in [1.29, 1.82) is 0 Å². The first-order chi connectivity index (χ1) is 12.0. The SMILES string of the molecule is NC(=NCCCCC1CCCCC1)NC(=O)c1nc(Cl)c(N)nc1N. The number of nitrogens with zero attached hydrogens (tertiary/aromatic N) is 3. The molecule has 0 saturated heterocycles. The van der Waals surface area contributed by atoms with Gasteiger partial charge in [0, 0.05) is 6.54 Å². The fourth-order valence-corrected chi connectivity index (χ4v) is 3.17. The molecule has 0 bridgehead atoms. The number of hydrogen-bond acceptors (Lipinski definition) is 6. The van der Waals surface area contributed by atoms with Crippen molar-refractivity contribution in [3.63, 3.8) is 0 Å². The number of unbranched alkanes of at least 4 members (excludes halogenated alkanes) is 1. The normalized spacial score (nSPS) is 16.0. The van der Waals surface area contributed by atoms with Crippen LogP contribution in [-0.4, -0.2) is 28.4 Å². The highest BCUT2D eigenvalue weighted by Gasteiger charge is 2.16. The number of nitrogens with one attached hydrogen (secondary N) is 1. The second kappa shape index (κ2) is 9.41. The summed E-state index contributed by atoms with van der Waals surface area (Å²) in [5.41, 5.74) is 16.7. The molecule has 1 aromatic heterocycles. The van der Waals surface area contributed by atoms with E-state index >= 15 is 0 Å². The molecule has 1 aliphatic rings. The fourth-order valence-electron chi connectivity index (χ4n) is 3.04. The summed E-state index contributed by atoms with van der Waals surface area (Å²) in [4.78, 5) is 23.8. The average molecular weight is 368 g/mol. The van der Waals surface area contributed by atoms with E-state index in [9.17, 15) is 4.79 Å². The van der Waals surface area contributed by atoms with Gasteiger partial charge in [0.15, 0.2) is 28.4 Å². The van der Waals surface area contributed by atoms with E-state index in [0.717, 1.165) is 18.8 Å². The van der Waals surface area contributed by atoms with Gasteiger partial charge in [-0.15, -0.1) is 0 Å². The molecule has 0 unspecified atom stereocenters. The summed E-state index contributed by atoms with van der Waals surface area (Å²) in [7, 11) is 0. The standard InChI is InChI=1S/C16H26ClN7O/c17-12-14(19)23-13(18)11(22-12)15(25)24-16(20)21-9-5-4-8-10-6-2-1-3-7-10/h10H,1-9H2,(H4,18,19,23)(H3,20,21,24,25). The van der Waals surface area contributed by atoms with Gasteiger partial charge in [-0.3, -0.25) is 15.1 Å². The number of aromatic nitrogens is 2. The minimum Gasteiger partial charge on any atom is -0.382 e. The lowest BCUT2D eigenvalue weighted by atomic mass is 9.86. The van der Waals surface area contributed by atoms with Gasteiger partial charge >= 0.3 is 0 Å². The summed E-state index contributed by atoms with van der Waals surface area (Å²) in [6.45, 7) is 0.572. The van der Waals surface area contributed by atoms with E-state index < -0.39 is 5.91 Å². The number of amides is 1. The highest BCUT2D eigenvalue weighted by molar-refractivity contribution is 6.31. The first kappa shape index (κ1) is 19.2. The van der Waals surface area contributed by atoms with E-state index in [4.69, 9.17) is 28.8 Å². The second-order valence-corrected chi connectivity index (χ2v) is 6.71. The molecular weight excluding hydrogens is 342 g/mol. The minimum absolute atomic E-state index is 0.0248. The molecule has 9 heteroatoms. The van der Waals surface area contributed by atoms with Gasteiger partial charge in [0.05, 0.1) is 0 Å². The number of nitrogen functional groups attached to an aromatic ring is 2. The Morgan fingerprint density at radius 3 is 2.60 bits per heavy atom. The van der Waals surface area contributed by atoms with Crippen LogP contribution >= 0.6 is 11.6 Å². The number of rotatable bonds is 6. The zero-order valence-electron chi connectivity index (χ0n) is 14.3. The Balaban J connectivity index is 1.74. The summed E-state index contributed by atoms with van der Waals surface area (Å²) < 4.78 is 0. The number of halogens is 1. The van der Waals surface area contributed by atoms with Crippen molar-refractivity contribution in [2.75, 3.05) is 18.0 Å². The predicted octanol–water partition coefficient (Wildman–Crippen LogP) is 2.09. The van der Waals surface area contributed by atoms with Crippen LogP contribution < -0.4 is 22.5 Å². The molecule has 1 saturated carbocycles. The van der Waals surface area contributed by atoms with Crippen molar-refractivity contribution in [2.24, 2.45) is 16.6 Å². The third kappa shape index (κ3) is 6.04. The van der Waals surface area contributed by atoms with E-state index in [-0.39, 0.29) is 28.4 Å². The lowest BCUT2D eigenvalue weighted by Gasteiger charge is -2.20. The van der Waals surface area contributed by atoms with Crippen molar-refractivity contribution in [3.8, 4) is 0 Å². The summed E-state index contributed by atoms with van der Waals surface area (Å²) in [5, 5.41) is 2.35. The number of guanidine groups is 1. The third-order valence-electron chi connectivity index (χ3n) is 4.39. The zero-order valence-corrected chi connectivity index (χ0v) is 15.1. The molecule has 2 rings (SSSR count). The molecular formula is C16H26ClN7O. The van der Waals surface area contributed by atoms with Crippen LogP contribution in [0.3, 0.4) is 0 Å². The van der Waals surface area contributed by atoms with Crippen LogP contribution in [0.15, 0.2) is 4.99 Å². The Bertz CT molecular complexity index is 629. The summed E-state index contributed by atoms with van der Waals surface area (Å²) in [5.74, 6) is 0.133. The largest absolute Gasteiger partial charge is 0.382 e. The van der Waals surface area contributed by atoms with Crippen LogP contribution in [0, 0.1) is 5.92 Å². The number of hydrogen-bond donors (Lipinski definition) is 4. The molecule has 1 amide bonds. The van der Waals surface area contributed by atoms with Gasteiger partial charge in [-0.25, -0.2) is 9.97 Å². The van der Waals surface area contributed by atoms with Gasteiger partial charge in [-0.2, -0.15) is 0 Å². The van der Waals surface area contributed by atoms with Crippen LogP contribution in [-0.2, 0) is 0 Å². The van der Waals surface area contributed by atoms with E-state index in [2.05, 4.69) is 20.3 Å². The first-order valence-electron chi connectivity index (χ1n) is 8.67. The highest BCUT2D eigenvalue weighted by atomic mass is 35.5. The van der Waals surface area contributed by atoms with Gasteiger partial charge in [-0.1, -0.05) is 56.5 Å². The molecule has 0 aliphatic heterocycles. The molecule has 1 aliphatic carbocycles. The Morgan fingerprint density at radius 2 is 1.88 bits per heavy atom. The topological polar surface area (TPSA) is 145 Å². The molecule has 1 fully saturated rings. The monoisotopic (exact) mass is 367 g/mol. The second-order valence-electron chi connectivity index (χ2n) is 6.35. The molecule has 8 nitrogen and oxygen atoms in total. The molecule has 25 heavy (non-hydrogen) atoms. The lowest BCUT2D eigenvalue weighted by molar-refractivity contribution is 0.0972. The number of aliphatic imine (C=N–C) groups is 1. The Hall–Kier alpha value is -2.09. The van der Waals surface area contributed by atoms with Gasteiger partial charge in [-0.05, 0) is 12.3 Å². The van der Waals surface area contributed by atoms with Gasteiger partial charge in [0.25, 0.3) is 5.91 Å². The fraction of sp³-hybridized carbons (Fsp3) is 0.625. The van der Waals surface area contributed by atoms with Crippen molar-refractivity contribution < 1.29 is 4.79 Å². The third-order valence-corrected chi connectivity index (χ3v) is 4.67. The number of carbonyl (C=O) groups is 1. The number of nitrogens with two attached hydrogens (primary N) is 3. The number of anilines is 2. The maximum Gasteiger partial charge on any atom is 0.280 e. The number of carbonyl (C=O) groups excluding carboxylic acids is 1. The van der Waals surface area contributed by atoms with Gasteiger partial charge in [0.1, 0.15) is 0 Å². The van der Waals surface area contributed by atoms with Gasteiger partial charge < -0.3 is 17.2 Å². The van der Waals surface area contributed by atoms with Crippen molar-refractivity contribution in [2.45, 2.75) is 51.4 Å². The van der Waals surface area contributed by atoms with Crippen LogP contribution in [0.4, 0.5) is 11.6 Å². The van der Waals surface area contributed by atoms with Crippen LogP contribution in [0.2, 0.25) is 5.15 Å². The van der Waals surface area contributed by atoms with Crippen LogP contribution in [0.5, 0.6) is 0 Å². The zero-order chi connectivity index (χ0) is 18.2. The lowest BCUT2D eigenvalue weighted by Crippen LogP contribution is -2.38. The van der Waals surface area contributed by atoms with Gasteiger partial charge in [0.2, 0.25) is 0 Å². The highest BCUT2D eigenvalue weighted by Crippen LogP contribution is 2.27. The van der Waals surface area contributed by atoms with E-state index in [1.807, 2.05) is 0 Å². The van der Waals surface area contributed by atoms with Crippen molar-refractivity contribution in [1.82, 2.24) is 15.3 Å². The molecule has 7 N–H and O–H groups in total. The first-order valence-corrected chi connectivity index (χ1v) is 9.05. The summed E-state index contributed by atoms with van der Waals surface area (Å²) in [6.07, 6.45) is 10.1. The molecule has 0 spiro atoms. The quantitative estimate of drug-likeness (QED) is 0.344. The summed E-state index contributed by atoms with van der Waals surface area (Å²) in [6, 6.07) is 0. The molecule has 138 valence electrons. The average Bonchev–Trinajstić information content (AvgIpc) is 2.58. The summed E-state index contributed by atoms with van der Waals surface area (Å²) >= 11 is 5.75. The molecule has 0 atom stereocenters. The van der Waals surface area contributed by atoms with Crippen LogP contribution in [0.25, 0.3) is 0 Å².